The second kappa shape index (κ2) is 17.0. The van der Waals surface area contributed by atoms with Crippen molar-refractivity contribution >= 4 is 36.0 Å². The number of hydrogen-bond donors (Lipinski definition) is 1. The predicted molar refractivity (Wildman–Crippen MR) is 169 cm³/mol. The van der Waals surface area contributed by atoms with Crippen LogP contribution in [0.4, 0.5) is 5.69 Å². The van der Waals surface area contributed by atoms with Gasteiger partial charge in [-0.3, -0.25) is 9.36 Å². The maximum absolute atomic E-state index is 12.5. The molecule has 1 atom stereocenters. The molecule has 1 heterocycles. The minimum Gasteiger partial charge on any atom is -0.377 e. The molecule has 0 spiro atoms. The van der Waals surface area contributed by atoms with Crippen LogP contribution in [-0.4, -0.2) is 65.2 Å². The van der Waals surface area contributed by atoms with E-state index in [9.17, 15) is 14.6 Å². The Balaban J connectivity index is 1.10. The topological polar surface area (TPSA) is 110 Å². The number of fused-ring (bicyclic) bond motifs is 1. The third-order valence-electron chi connectivity index (χ3n) is 7.01. The first-order valence-corrected chi connectivity index (χ1v) is 16.7. The first-order chi connectivity index (χ1) is 20.9. The van der Waals surface area contributed by atoms with Crippen molar-refractivity contribution in [3.63, 3.8) is 0 Å². The van der Waals surface area contributed by atoms with Gasteiger partial charge in [0.15, 0.2) is 0 Å². The second-order valence-electron chi connectivity index (χ2n) is 10.4. The lowest BCUT2D eigenvalue weighted by atomic mass is 10.0. The molecule has 9 nitrogen and oxygen atoms in total. The number of nitrogens with one attached hydrogen (secondary N) is 1. The highest BCUT2D eigenvalue weighted by Gasteiger charge is 2.17. The average Bonchev–Trinajstić information content (AvgIpc) is 3.04. The molecule has 0 radical (unpaired) electrons. The van der Waals surface area contributed by atoms with Gasteiger partial charge in [-0.1, -0.05) is 48.5 Å². The van der Waals surface area contributed by atoms with Gasteiger partial charge in [0.2, 0.25) is 0 Å². The first-order valence-electron chi connectivity index (χ1n) is 14.7. The zero-order valence-corrected chi connectivity index (χ0v) is 25.6. The summed E-state index contributed by atoms with van der Waals surface area (Å²) < 4.78 is 34.0. The Morgan fingerprint density at radius 1 is 0.907 bits per heavy atom. The molecular weight excluding hydrogens is 565 g/mol. The Kier molecular flexibility index (Phi) is 12.8. The normalized spacial score (nSPS) is 15.2. The Hall–Kier alpha value is -3.51. The lowest BCUT2D eigenvalue weighted by molar-refractivity contribution is -0.117. The number of anilines is 1. The monoisotopic (exact) mass is 605 g/mol. The second-order valence-corrected chi connectivity index (χ2v) is 12.4. The van der Waals surface area contributed by atoms with E-state index in [0.29, 0.717) is 13.2 Å². The van der Waals surface area contributed by atoms with Crippen LogP contribution in [0.5, 0.6) is 0 Å². The van der Waals surface area contributed by atoms with Crippen molar-refractivity contribution in [1.82, 2.24) is 5.32 Å². The van der Waals surface area contributed by atoms with Crippen molar-refractivity contribution in [2.75, 3.05) is 64.2 Å². The van der Waals surface area contributed by atoms with E-state index in [1.54, 1.807) is 6.08 Å². The number of hydrogen-bond acceptors (Lipinski definition) is 8. The molecule has 1 aliphatic heterocycles. The fourth-order valence-corrected chi connectivity index (χ4v) is 5.59. The molecule has 0 bridgehead atoms. The number of nitrogens with zero attached hydrogens (tertiary/aromatic N) is 2. The van der Waals surface area contributed by atoms with Crippen LogP contribution < -0.4 is 10.2 Å². The van der Waals surface area contributed by atoms with E-state index < -0.39 is 13.5 Å². The van der Waals surface area contributed by atoms with Crippen LogP contribution in [0.1, 0.15) is 30.4 Å². The number of rotatable bonds is 16. The van der Waals surface area contributed by atoms with Crippen LogP contribution in [0.2, 0.25) is 0 Å². The summed E-state index contributed by atoms with van der Waals surface area (Å²) >= 11 is 0. The highest BCUT2D eigenvalue weighted by molar-refractivity contribution is 7.52. The molecule has 1 aliphatic rings. The summed E-state index contributed by atoms with van der Waals surface area (Å²) in [5, 5.41) is 14.5. The van der Waals surface area contributed by atoms with Crippen LogP contribution in [0.15, 0.2) is 72.3 Å². The number of nitriles is 1. The van der Waals surface area contributed by atoms with Crippen LogP contribution in [0.3, 0.4) is 0 Å². The van der Waals surface area contributed by atoms with Gasteiger partial charge in [-0.25, -0.2) is 0 Å². The van der Waals surface area contributed by atoms with Gasteiger partial charge in [0.1, 0.15) is 11.6 Å². The maximum atomic E-state index is 12.5. The fourth-order valence-electron chi connectivity index (χ4n) is 4.72. The Morgan fingerprint density at radius 3 is 2.37 bits per heavy atom. The van der Waals surface area contributed by atoms with Crippen molar-refractivity contribution in [1.29, 1.82) is 5.26 Å². The molecule has 0 saturated carbocycles. The third kappa shape index (κ3) is 10.9. The van der Waals surface area contributed by atoms with Crippen LogP contribution in [0, 0.1) is 11.3 Å². The molecule has 3 aromatic rings. The van der Waals surface area contributed by atoms with E-state index in [1.807, 2.05) is 54.6 Å². The summed E-state index contributed by atoms with van der Waals surface area (Å²) in [6, 6.07) is 23.9. The van der Waals surface area contributed by atoms with Gasteiger partial charge in [-0.15, -0.1) is 0 Å². The van der Waals surface area contributed by atoms with Gasteiger partial charge in [-0.2, -0.15) is 5.26 Å². The summed E-state index contributed by atoms with van der Waals surface area (Å²) in [5.74, 6) is -0.446. The first kappa shape index (κ1) is 32.4. The largest absolute Gasteiger partial charge is 0.377 e. The third-order valence-corrected chi connectivity index (χ3v) is 8.26. The predicted octanol–water partition coefficient (Wildman–Crippen LogP) is 5.94. The standard InChI is InChI=1S/C33H40N3O6P/c1-43(38,42-26-27-8-4-2-5-9-27)41-21-20-40-19-18-39-17-14-35-33(37)31(25-34)23-28-10-11-30-24-32(13-12-29(30)22-28)36-15-6-3-7-16-36/h2,4-5,8-13,22-24H,3,6-7,14-21,26H2,1H3,(H,35,37)/b31-23+. The minimum absolute atomic E-state index is 0.0357. The number of benzene rings is 3. The Morgan fingerprint density at radius 2 is 1.60 bits per heavy atom. The molecule has 1 fully saturated rings. The summed E-state index contributed by atoms with van der Waals surface area (Å²) in [7, 11) is -3.17. The smallest absolute Gasteiger partial charge is 0.328 e. The lowest BCUT2D eigenvalue weighted by Gasteiger charge is -2.29. The molecule has 3 aromatic carbocycles. The molecule has 0 aromatic heterocycles. The highest BCUT2D eigenvalue weighted by Crippen LogP contribution is 2.44. The summed E-state index contributed by atoms with van der Waals surface area (Å²) in [6.45, 7) is 5.41. The van der Waals surface area contributed by atoms with Crippen molar-refractivity contribution in [2.24, 2.45) is 0 Å². The molecule has 1 amide bonds. The number of carbonyl (C=O) groups is 1. The molecule has 4 rings (SSSR count). The molecule has 1 unspecified atom stereocenters. The van der Waals surface area contributed by atoms with Crippen LogP contribution in [0.25, 0.3) is 16.8 Å². The molecule has 0 aliphatic carbocycles. The maximum Gasteiger partial charge on any atom is 0.328 e. The highest BCUT2D eigenvalue weighted by atomic mass is 31.2. The van der Waals surface area contributed by atoms with E-state index in [0.717, 1.165) is 35.0 Å². The SMILES string of the molecule is CP(=O)(OCCOCCOCCNC(=O)/C(C#N)=C/c1ccc2cc(N3CCCCC3)ccc2c1)OCc1ccccc1. The van der Waals surface area contributed by atoms with Crippen molar-refractivity contribution < 1.29 is 27.9 Å². The van der Waals surface area contributed by atoms with E-state index in [4.69, 9.17) is 18.5 Å². The molecule has 1 N–H and O–H groups in total. The van der Waals surface area contributed by atoms with Gasteiger partial charge in [0.05, 0.1) is 39.6 Å². The Bertz CT molecular complexity index is 1450. The van der Waals surface area contributed by atoms with E-state index in [2.05, 4.69) is 28.4 Å². The Labute approximate surface area is 253 Å². The minimum atomic E-state index is -3.17. The zero-order chi connectivity index (χ0) is 30.3. The number of amides is 1. The summed E-state index contributed by atoms with van der Waals surface area (Å²) in [6.07, 6.45) is 5.36. The molecular formula is C33H40N3O6P. The molecule has 1 saturated heterocycles. The number of carbonyl (C=O) groups excluding carboxylic acids is 1. The average molecular weight is 606 g/mol. The summed E-state index contributed by atoms with van der Waals surface area (Å²) in [4.78, 5) is 15.0. The van der Waals surface area contributed by atoms with E-state index >= 15 is 0 Å². The molecule has 10 heteroatoms. The lowest BCUT2D eigenvalue weighted by Crippen LogP contribution is -2.29. The molecule has 43 heavy (non-hydrogen) atoms. The number of piperidine rings is 1. The van der Waals surface area contributed by atoms with Gasteiger partial charge in [0.25, 0.3) is 5.91 Å². The quantitative estimate of drug-likeness (QED) is 0.0925. The number of ether oxygens (including phenoxy) is 2. The zero-order valence-electron chi connectivity index (χ0n) is 24.7. The molecule has 228 valence electrons. The van der Waals surface area contributed by atoms with Crippen molar-refractivity contribution in [2.45, 2.75) is 25.9 Å². The van der Waals surface area contributed by atoms with Crippen LogP contribution >= 0.6 is 7.60 Å². The van der Waals surface area contributed by atoms with Gasteiger partial charge in [0, 0.05) is 32.0 Å². The van der Waals surface area contributed by atoms with E-state index in [-0.39, 0.29) is 38.5 Å². The van der Waals surface area contributed by atoms with Crippen LogP contribution in [-0.2, 0) is 34.5 Å². The van der Waals surface area contributed by atoms with Gasteiger partial charge < -0.3 is 28.7 Å². The van der Waals surface area contributed by atoms with Crippen molar-refractivity contribution in [3.8, 4) is 6.07 Å². The van der Waals surface area contributed by atoms with Gasteiger partial charge >= 0.3 is 7.60 Å². The fraction of sp³-hybridized carbons (Fsp3) is 0.394. The summed E-state index contributed by atoms with van der Waals surface area (Å²) in [5.41, 5.74) is 2.99. The van der Waals surface area contributed by atoms with Gasteiger partial charge in [-0.05, 0) is 65.4 Å². The van der Waals surface area contributed by atoms with E-state index in [1.165, 1.54) is 31.6 Å². The van der Waals surface area contributed by atoms with Crippen molar-refractivity contribution in [3.05, 3.63) is 83.4 Å².